The molecule has 3 aromatic rings. The first-order chi connectivity index (χ1) is 12.6. The number of amides is 1. The van der Waals surface area contributed by atoms with Crippen LogP contribution in [0.4, 0.5) is 0 Å². The van der Waals surface area contributed by atoms with Gasteiger partial charge in [0.25, 0.3) is 0 Å². The zero-order chi connectivity index (χ0) is 18.1. The average Bonchev–Trinajstić information content (AvgIpc) is 3.33. The van der Waals surface area contributed by atoms with Gasteiger partial charge in [-0.25, -0.2) is 4.98 Å². The lowest BCUT2D eigenvalue weighted by atomic mass is 10.0. The molecule has 2 N–H and O–H groups in total. The van der Waals surface area contributed by atoms with Crippen LogP contribution in [0.2, 0.25) is 0 Å². The monoisotopic (exact) mass is 353 g/mol. The van der Waals surface area contributed by atoms with Crippen molar-refractivity contribution in [2.24, 2.45) is 13.0 Å². The molecule has 7 heteroatoms. The number of fused-ring (bicyclic) bond motifs is 1. The average molecular weight is 353 g/mol. The summed E-state index contributed by atoms with van der Waals surface area (Å²) in [6.07, 6.45) is 1.10. The SMILES string of the molecule is Cc1nc([C@H]2OCC[C@H]2CNC(=O)Cc2cc3ccccc3n2C)n[nH]1. The minimum Gasteiger partial charge on any atom is -0.370 e. The molecule has 1 aromatic carbocycles. The number of aromatic nitrogens is 4. The fourth-order valence-electron chi connectivity index (χ4n) is 3.60. The minimum absolute atomic E-state index is 0.0210. The quantitative estimate of drug-likeness (QED) is 0.735. The van der Waals surface area contributed by atoms with E-state index in [4.69, 9.17) is 4.74 Å². The molecule has 0 bridgehead atoms. The van der Waals surface area contributed by atoms with Crippen molar-refractivity contribution in [2.75, 3.05) is 13.2 Å². The first-order valence-corrected chi connectivity index (χ1v) is 8.92. The number of hydrogen-bond donors (Lipinski definition) is 2. The van der Waals surface area contributed by atoms with Crippen molar-refractivity contribution >= 4 is 16.8 Å². The largest absolute Gasteiger partial charge is 0.370 e. The van der Waals surface area contributed by atoms with Gasteiger partial charge in [0.2, 0.25) is 5.91 Å². The van der Waals surface area contributed by atoms with Gasteiger partial charge in [0.05, 0.1) is 6.42 Å². The molecule has 1 fully saturated rings. The van der Waals surface area contributed by atoms with Crippen LogP contribution in [0.3, 0.4) is 0 Å². The molecule has 26 heavy (non-hydrogen) atoms. The van der Waals surface area contributed by atoms with E-state index in [1.807, 2.05) is 26.1 Å². The number of aryl methyl sites for hydroxylation is 2. The number of para-hydroxylation sites is 1. The molecule has 7 nitrogen and oxygen atoms in total. The molecule has 0 spiro atoms. The summed E-state index contributed by atoms with van der Waals surface area (Å²) in [6, 6.07) is 10.2. The third-order valence-electron chi connectivity index (χ3n) is 5.04. The Morgan fingerprint density at radius 2 is 2.27 bits per heavy atom. The Balaban J connectivity index is 1.38. The molecule has 0 unspecified atom stereocenters. The number of nitrogens with one attached hydrogen (secondary N) is 2. The highest BCUT2D eigenvalue weighted by atomic mass is 16.5. The third-order valence-corrected chi connectivity index (χ3v) is 5.04. The molecule has 3 heterocycles. The molecule has 1 aliphatic rings. The zero-order valence-electron chi connectivity index (χ0n) is 15.0. The van der Waals surface area contributed by atoms with Gasteiger partial charge in [-0.05, 0) is 30.9 Å². The van der Waals surface area contributed by atoms with Crippen LogP contribution in [0.25, 0.3) is 10.9 Å². The van der Waals surface area contributed by atoms with E-state index in [-0.39, 0.29) is 17.9 Å². The Bertz CT molecular complexity index is 929. The van der Waals surface area contributed by atoms with Crippen molar-refractivity contribution in [3.63, 3.8) is 0 Å². The van der Waals surface area contributed by atoms with Gasteiger partial charge in [-0.1, -0.05) is 18.2 Å². The topological polar surface area (TPSA) is 84.8 Å². The number of ether oxygens (including phenoxy) is 1. The van der Waals surface area contributed by atoms with Gasteiger partial charge < -0.3 is 14.6 Å². The summed E-state index contributed by atoms with van der Waals surface area (Å²) in [7, 11) is 2.00. The van der Waals surface area contributed by atoms with Gasteiger partial charge in [0.15, 0.2) is 5.82 Å². The molecule has 0 saturated carbocycles. The molecule has 1 aliphatic heterocycles. The number of rotatable bonds is 5. The van der Waals surface area contributed by atoms with Crippen LogP contribution in [-0.2, 0) is 23.0 Å². The van der Waals surface area contributed by atoms with Crippen molar-refractivity contribution in [3.05, 3.63) is 47.7 Å². The lowest BCUT2D eigenvalue weighted by Crippen LogP contribution is -2.32. The molecule has 1 amide bonds. The van der Waals surface area contributed by atoms with Crippen molar-refractivity contribution in [1.82, 2.24) is 25.1 Å². The number of carbonyl (C=O) groups excluding carboxylic acids is 1. The molecule has 1 saturated heterocycles. The van der Waals surface area contributed by atoms with Gasteiger partial charge in [0.1, 0.15) is 11.9 Å². The summed E-state index contributed by atoms with van der Waals surface area (Å²) in [5.41, 5.74) is 2.15. The number of carbonyl (C=O) groups is 1. The molecule has 0 radical (unpaired) electrons. The lowest BCUT2D eigenvalue weighted by molar-refractivity contribution is -0.120. The summed E-state index contributed by atoms with van der Waals surface area (Å²) < 4.78 is 7.85. The second kappa shape index (κ2) is 6.92. The van der Waals surface area contributed by atoms with Crippen LogP contribution in [0.15, 0.2) is 30.3 Å². The normalized spacial score (nSPS) is 19.9. The van der Waals surface area contributed by atoms with E-state index < -0.39 is 0 Å². The Hall–Kier alpha value is -2.67. The predicted octanol–water partition coefficient (Wildman–Crippen LogP) is 2.04. The van der Waals surface area contributed by atoms with Crippen LogP contribution in [0.1, 0.15) is 29.9 Å². The summed E-state index contributed by atoms with van der Waals surface area (Å²) in [5, 5.41) is 11.3. The highest BCUT2D eigenvalue weighted by Crippen LogP contribution is 2.32. The molecule has 2 aromatic heterocycles. The maximum atomic E-state index is 12.4. The third kappa shape index (κ3) is 3.22. The number of aromatic amines is 1. The fraction of sp³-hybridized carbons (Fsp3) is 0.421. The van der Waals surface area contributed by atoms with Crippen molar-refractivity contribution < 1.29 is 9.53 Å². The number of H-pyrrole nitrogens is 1. The summed E-state index contributed by atoms with van der Waals surface area (Å²) >= 11 is 0. The molecule has 4 rings (SSSR count). The minimum atomic E-state index is -0.155. The highest BCUT2D eigenvalue weighted by molar-refractivity contribution is 5.84. The lowest BCUT2D eigenvalue weighted by Gasteiger charge is -2.16. The number of nitrogens with zero attached hydrogens (tertiary/aromatic N) is 3. The Morgan fingerprint density at radius 3 is 3.04 bits per heavy atom. The maximum Gasteiger partial charge on any atom is 0.225 e. The van der Waals surface area contributed by atoms with Gasteiger partial charge in [0, 0.05) is 37.3 Å². The van der Waals surface area contributed by atoms with Gasteiger partial charge >= 0.3 is 0 Å². The first-order valence-electron chi connectivity index (χ1n) is 8.92. The van der Waals surface area contributed by atoms with Crippen LogP contribution in [0, 0.1) is 12.8 Å². The Kier molecular flexibility index (Phi) is 4.46. The van der Waals surface area contributed by atoms with E-state index in [0.717, 1.165) is 28.8 Å². The summed E-state index contributed by atoms with van der Waals surface area (Å²) in [6.45, 7) is 3.11. The molecular formula is C19H23N5O2. The Morgan fingerprint density at radius 1 is 1.42 bits per heavy atom. The predicted molar refractivity (Wildman–Crippen MR) is 97.6 cm³/mol. The fourth-order valence-corrected chi connectivity index (χ4v) is 3.60. The summed E-state index contributed by atoms with van der Waals surface area (Å²) in [5.74, 6) is 1.66. The van der Waals surface area contributed by atoms with E-state index in [2.05, 4.69) is 43.3 Å². The molecular weight excluding hydrogens is 330 g/mol. The van der Waals surface area contributed by atoms with Crippen LogP contribution < -0.4 is 5.32 Å². The van der Waals surface area contributed by atoms with Crippen LogP contribution in [-0.4, -0.2) is 38.8 Å². The van der Waals surface area contributed by atoms with E-state index in [1.165, 1.54) is 0 Å². The maximum absolute atomic E-state index is 12.4. The van der Waals surface area contributed by atoms with E-state index >= 15 is 0 Å². The standard InChI is InChI=1S/C19H23N5O2/c1-12-21-19(23-22-12)18-14(7-8-26-18)11-20-17(25)10-15-9-13-5-3-4-6-16(13)24(15)2/h3-6,9,14,18H,7-8,10-11H2,1-2H3,(H,20,25)(H,21,22,23)/t14-,18-/m0/s1. The molecule has 136 valence electrons. The molecule has 2 atom stereocenters. The van der Waals surface area contributed by atoms with Gasteiger partial charge in [-0.3, -0.25) is 9.89 Å². The smallest absolute Gasteiger partial charge is 0.225 e. The van der Waals surface area contributed by atoms with Crippen LogP contribution >= 0.6 is 0 Å². The Labute approximate surface area is 151 Å². The van der Waals surface area contributed by atoms with Gasteiger partial charge in [-0.2, -0.15) is 5.10 Å². The van der Waals surface area contributed by atoms with Crippen molar-refractivity contribution in [1.29, 1.82) is 0 Å². The number of hydrogen-bond acceptors (Lipinski definition) is 4. The van der Waals surface area contributed by atoms with Gasteiger partial charge in [-0.15, -0.1) is 0 Å². The van der Waals surface area contributed by atoms with Crippen molar-refractivity contribution in [3.8, 4) is 0 Å². The second-order valence-corrected chi connectivity index (χ2v) is 6.85. The molecule has 0 aliphatic carbocycles. The second-order valence-electron chi connectivity index (χ2n) is 6.85. The van der Waals surface area contributed by atoms with Crippen LogP contribution in [0.5, 0.6) is 0 Å². The highest BCUT2D eigenvalue weighted by Gasteiger charge is 2.32. The first kappa shape index (κ1) is 16.8. The van der Waals surface area contributed by atoms with Crippen molar-refractivity contribution in [2.45, 2.75) is 25.9 Å². The summed E-state index contributed by atoms with van der Waals surface area (Å²) in [4.78, 5) is 16.8. The number of benzene rings is 1. The van der Waals surface area contributed by atoms with E-state index in [0.29, 0.717) is 25.4 Å². The zero-order valence-corrected chi connectivity index (χ0v) is 15.0. The van der Waals surface area contributed by atoms with E-state index in [1.54, 1.807) is 0 Å². The van der Waals surface area contributed by atoms with E-state index in [9.17, 15) is 4.79 Å².